The Hall–Kier alpha value is -2.40. The summed E-state index contributed by atoms with van der Waals surface area (Å²) in [5, 5.41) is 7.62. The number of fused-ring (bicyclic) bond motifs is 1. The van der Waals surface area contributed by atoms with E-state index in [1.807, 2.05) is 6.07 Å². The molecule has 0 fully saturated rings. The Balaban J connectivity index is 1.80. The fraction of sp³-hybridized carbons (Fsp3) is 0.200. The maximum absolute atomic E-state index is 5.60. The highest BCUT2D eigenvalue weighted by Gasteiger charge is 2.03. The summed E-state index contributed by atoms with van der Waals surface area (Å²) >= 11 is 0. The van der Waals surface area contributed by atoms with E-state index in [4.69, 9.17) is 5.73 Å². The van der Waals surface area contributed by atoms with Gasteiger partial charge in [-0.3, -0.25) is 0 Å². The van der Waals surface area contributed by atoms with E-state index in [9.17, 15) is 0 Å². The molecule has 0 saturated heterocycles. The zero-order valence-electron chi connectivity index (χ0n) is 11.4. The van der Waals surface area contributed by atoms with E-state index < -0.39 is 0 Å². The second-order valence-corrected chi connectivity index (χ2v) is 4.82. The molecule has 1 aromatic carbocycles. The third-order valence-electron chi connectivity index (χ3n) is 3.26. The zero-order chi connectivity index (χ0) is 13.9. The molecule has 2 heterocycles. The molecule has 2 aromatic heterocycles. The van der Waals surface area contributed by atoms with Gasteiger partial charge in [0.1, 0.15) is 12.1 Å². The monoisotopic (exact) mass is 267 g/mol. The summed E-state index contributed by atoms with van der Waals surface area (Å²) in [6.07, 6.45) is 1.57. The van der Waals surface area contributed by atoms with Gasteiger partial charge in [0.2, 0.25) is 0 Å². The minimum atomic E-state index is 0.575. The van der Waals surface area contributed by atoms with E-state index in [0.717, 1.165) is 29.1 Å². The Morgan fingerprint density at radius 1 is 1.15 bits per heavy atom. The van der Waals surface area contributed by atoms with Gasteiger partial charge in [-0.25, -0.2) is 4.98 Å². The van der Waals surface area contributed by atoms with Gasteiger partial charge in [-0.1, -0.05) is 24.3 Å². The average Bonchev–Trinajstić information content (AvgIpc) is 2.93. The van der Waals surface area contributed by atoms with Crippen molar-refractivity contribution >= 4 is 11.5 Å². The lowest BCUT2D eigenvalue weighted by Crippen LogP contribution is -2.06. The molecule has 0 aliphatic heterocycles. The molecule has 3 N–H and O–H groups in total. The number of benzene rings is 1. The predicted molar refractivity (Wildman–Crippen MR) is 79.4 cm³/mol. The van der Waals surface area contributed by atoms with Crippen LogP contribution in [0.25, 0.3) is 5.65 Å². The maximum atomic E-state index is 5.60. The third-order valence-corrected chi connectivity index (χ3v) is 3.26. The van der Waals surface area contributed by atoms with Crippen LogP contribution in [0.5, 0.6) is 0 Å². The topological polar surface area (TPSA) is 68.2 Å². The van der Waals surface area contributed by atoms with Crippen molar-refractivity contribution in [3.05, 3.63) is 59.4 Å². The third kappa shape index (κ3) is 2.48. The van der Waals surface area contributed by atoms with Crippen LogP contribution < -0.4 is 11.1 Å². The summed E-state index contributed by atoms with van der Waals surface area (Å²) in [5.74, 6) is 0.945. The van der Waals surface area contributed by atoms with Crippen LogP contribution in [0.15, 0.2) is 42.7 Å². The molecule has 5 heteroatoms. The molecule has 0 radical (unpaired) electrons. The number of hydrogen-bond donors (Lipinski definition) is 2. The van der Waals surface area contributed by atoms with Crippen molar-refractivity contribution in [2.75, 3.05) is 5.32 Å². The molecule has 0 atom stereocenters. The van der Waals surface area contributed by atoms with Crippen LogP contribution in [0, 0.1) is 6.92 Å². The van der Waals surface area contributed by atoms with Crippen molar-refractivity contribution in [2.45, 2.75) is 20.0 Å². The molecule has 3 aromatic rings. The minimum absolute atomic E-state index is 0.575. The van der Waals surface area contributed by atoms with E-state index in [1.165, 1.54) is 5.56 Å². The van der Waals surface area contributed by atoms with E-state index >= 15 is 0 Å². The van der Waals surface area contributed by atoms with Gasteiger partial charge in [0.25, 0.3) is 0 Å². The number of nitrogens with two attached hydrogens (primary N) is 1. The summed E-state index contributed by atoms with van der Waals surface area (Å²) in [5.41, 5.74) is 9.96. The Morgan fingerprint density at radius 3 is 2.65 bits per heavy atom. The molecule has 0 bridgehead atoms. The summed E-state index contributed by atoms with van der Waals surface area (Å²) in [6.45, 7) is 3.37. The molecule has 0 aliphatic rings. The standard InChI is InChI=1S/C15H17N5/c1-11-6-14(20-15(7-11)18-10-19-20)17-9-13-4-2-12(8-16)3-5-13/h2-7,10,17H,8-9,16H2,1H3. The average molecular weight is 267 g/mol. The second kappa shape index (κ2) is 5.30. The van der Waals surface area contributed by atoms with Gasteiger partial charge in [-0.05, 0) is 35.7 Å². The number of nitrogens with zero attached hydrogens (tertiary/aromatic N) is 3. The normalized spacial score (nSPS) is 10.9. The van der Waals surface area contributed by atoms with Gasteiger partial charge >= 0.3 is 0 Å². The number of aryl methyl sites for hydroxylation is 1. The van der Waals surface area contributed by atoms with Gasteiger partial charge in [0.05, 0.1) is 0 Å². The summed E-state index contributed by atoms with van der Waals surface area (Å²) < 4.78 is 1.81. The molecular formula is C15H17N5. The van der Waals surface area contributed by atoms with Gasteiger partial charge in [0, 0.05) is 13.1 Å². The van der Waals surface area contributed by atoms with Crippen molar-refractivity contribution in [1.29, 1.82) is 0 Å². The molecular weight excluding hydrogens is 250 g/mol. The quantitative estimate of drug-likeness (QED) is 0.759. The van der Waals surface area contributed by atoms with Gasteiger partial charge < -0.3 is 11.1 Å². The van der Waals surface area contributed by atoms with Crippen LogP contribution in [0.3, 0.4) is 0 Å². The molecule has 5 nitrogen and oxygen atoms in total. The molecule has 20 heavy (non-hydrogen) atoms. The number of hydrogen-bond acceptors (Lipinski definition) is 4. The van der Waals surface area contributed by atoms with Crippen molar-refractivity contribution in [1.82, 2.24) is 14.6 Å². The van der Waals surface area contributed by atoms with Crippen LogP contribution >= 0.6 is 0 Å². The van der Waals surface area contributed by atoms with Gasteiger partial charge in [0.15, 0.2) is 5.65 Å². The highest BCUT2D eigenvalue weighted by molar-refractivity contribution is 5.51. The zero-order valence-corrected chi connectivity index (χ0v) is 11.4. The molecule has 0 spiro atoms. The molecule has 3 rings (SSSR count). The van der Waals surface area contributed by atoms with Crippen molar-refractivity contribution in [3.8, 4) is 0 Å². The summed E-state index contributed by atoms with van der Waals surface area (Å²) in [6, 6.07) is 12.4. The fourth-order valence-corrected chi connectivity index (χ4v) is 2.17. The summed E-state index contributed by atoms with van der Waals surface area (Å²) in [4.78, 5) is 4.22. The molecule has 102 valence electrons. The molecule has 0 amide bonds. The smallest absolute Gasteiger partial charge is 0.157 e. The van der Waals surface area contributed by atoms with Crippen LogP contribution in [-0.2, 0) is 13.1 Å². The first-order valence-corrected chi connectivity index (χ1v) is 6.58. The Bertz CT molecular complexity index is 715. The van der Waals surface area contributed by atoms with Crippen molar-refractivity contribution in [3.63, 3.8) is 0 Å². The molecule has 0 aliphatic carbocycles. The van der Waals surface area contributed by atoms with Crippen LogP contribution in [-0.4, -0.2) is 14.6 Å². The number of pyridine rings is 1. The first kappa shape index (κ1) is 12.6. The number of aromatic nitrogens is 3. The number of nitrogens with one attached hydrogen (secondary N) is 1. The summed E-state index contributed by atoms with van der Waals surface area (Å²) in [7, 11) is 0. The largest absolute Gasteiger partial charge is 0.366 e. The first-order chi connectivity index (χ1) is 9.76. The lowest BCUT2D eigenvalue weighted by Gasteiger charge is -2.09. The van der Waals surface area contributed by atoms with E-state index in [1.54, 1.807) is 10.8 Å². The van der Waals surface area contributed by atoms with E-state index in [2.05, 4.69) is 52.7 Å². The van der Waals surface area contributed by atoms with E-state index in [-0.39, 0.29) is 0 Å². The highest BCUT2D eigenvalue weighted by atomic mass is 15.3. The second-order valence-electron chi connectivity index (χ2n) is 4.82. The number of rotatable bonds is 4. The molecule has 0 saturated carbocycles. The SMILES string of the molecule is Cc1cc(NCc2ccc(CN)cc2)n2ncnc2c1. The highest BCUT2D eigenvalue weighted by Crippen LogP contribution is 2.14. The Kier molecular flexibility index (Phi) is 3.35. The Labute approximate surface area is 117 Å². The Morgan fingerprint density at radius 2 is 1.90 bits per heavy atom. The minimum Gasteiger partial charge on any atom is -0.366 e. The van der Waals surface area contributed by atoms with Gasteiger partial charge in [-0.2, -0.15) is 9.61 Å². The lowest BCUT2D eigenvalue weighted by atomic mass is 10.1. The number of anilines is 1. The van der Waals surface area contributed by atoms with Crippen molar-refractivity contribution in [2.24, 2.45) is 5.73 Å². The van der Waals surface area contributed by atoms with Crippen LogP contribution in [0.2, 0.25) is 0 Å². The first-order valence-electron chi connectivity index (χ1n) is 6.58. The maximum Gasteiger partial charge on any atom is 0.157 e. The molecule has 0 unspecified atom stereocenters. The fourth-order valence-electron chi connectivity index (χ4n) is 2.17. The predicted octanol–water partition coefficient (Wildman–Crippen LogP) is 2.11. The van der Waals surface area contributed by atoms with Crippen molar-refractivity contribution < 1.29 is 0 Å². The lowest BCUT2D eigenvalue weighted by molar-refractivity contribution is 0.940. The van der Waals surface area contributed by atoms with Crippen LogP contribution in [0.4, 0.5) is 5.82 Å². The van der Waals surface area contributed by atoms with E-state index in [0.29, 0.717) is 6.54 Å². The van der Waals surface area contributed by atoms with Crippen LogP contribution in [0.1, 0.15) is 16.7 Å². The van der Waals surface area contributed by atoms with Gasteiger partial charge in [-0.15, -0.1) is 0 Å².